The van der Waals surface area contributed by atoms with Gasteiger partial charge in [-0.2, -0.15) is 5.10 Å². The number of likely N-dealkylation sites (tertiary alicyclic amines) is 1. The first kappa shape index (κ1) is 22.8. The molecule has 0 unspecified atom stereocenters. The summed E-state index contributed by atoms with van der Waals surface area (Å²) in [6.07, 6.45) is 4.47. The highest BCUT2D eigenvalue weighted by Crippen LogP contribution is 2.27. The zero-order chi connectivity index (χ0) is 23.6. The summed E-state index contributed by atoms with van der Waals surface area (Å²) in [6.45, 7) is 1.26. The molecular formula is C21H26N6O5S. The number of piperidine rings is 1. The summed E-state index contributed by atoms with van der Waals surface area (Å²) in [5, 5.41) is 14.2. The Morgan fingerprint density at radius 1 is 1.21 bits per heavy atom. The zero-order valence-electron chi connectivity index (χ0n) is 18.5. The Labute approximate surface area is 191 Å². The number of aromatic nitrogens is 4. The van der Waals surface area contributed by atoms with Crippen molar-refractivity contribution in [3.63, 3.8) is 0 Å². The second kappa shape index (κ2) is 9.22. The SMILES string of the molecule is CN(CCS(C)(=O)=O)c1ccc(-n2ncc3c(OC4CCN(C(=O)O)CC4)ncnc32)cc1. The van der Waals surface area contributed by atoms with Crippen LogP contribution in [0.15, 0.2) is 36.8 Å². The number of anilines is 1. The Hall–Kier alpha value is -3.41. The fourth-order valence-corrected chi connectivity index (χ4v) is 4.31. The quantitative estimate of drug-likeness (QED) is 0.545. The molecule has 0 radical (unpaired) electrons. The molecule has 1 aliphatic heterocycles. The van der Waals surface area contributed by atoms with Crippen molar-refractivity contribution in [1.82, 2.24) is 24.6 Å². The zero-order valence-corrected chi connectivity index (χ0v) is 19.3. The number of fused-ring (bicyclic) bond motifs is 1. The van der Waals surface area contributed by atoms with E-state index in [4.69, 9.17) is 9.84 Å². The number of rotatable bonds is 7. The summed E-state index contributed by atoms with van der Waals surface area (Å²) < 4.78 is 30.6. The van der Waals surface area contributed by atoms with E-state index in [9.17, 15) is 13.2 Å². The molecule has 1 saturated heterocycles. The Morgan fingerprint density at radius 3 is 2.55 bits per heavy atom. The van der Waals surface area contributed by atoms with E-state index in [0.717, 1.165) is 11.4 Å². The van der Waals surface area contributed by atoms with E-state index in [1.54, 1.807) is 10.9 Å². The van der Waals surface area contributed by atoms with Crippen molar-refractivity contribution in [2.45, 2.75) is 18.9 Å². The fraction of sp³-hybridized carbons (Fsp3) is 0.429. The lowest BCUT2D eigenvalue weighted by atomic mass is 10.1. The Morgan fingerprint density at radius 2 is 1.91 bits per heavy atom. The first-order valence-corrected chi connectivity index (χ1v) is 12.6. The van der Waals surface area contributed by atoms with Crippen molar-refractivity contribution >= 4 is 32.7 Å². The minimum Gasteiger partial charge on any atom is -0.474 e. The summed E-state index contributed by atoms with van der Waals surface area (Å²) in [5.74, 6) is 0.515. The van der Waals surface area contributed by atoms with Gasteiger partial charge in [0.2, 0.25) is 5.88 Å². The molecule has 1 aromatic carbocycles. The molecular weight excluding hydrogens is 448 g/mol. The van der Waals surface area contributed by atoms with Gasteiger partial charge in [-0.1, -0.05) is 0 Å². The average molecular weight is 475 g/mol. The molecule has 3 aromatic rings. The van der Waals surface area contributed by atoms with Crippen LogP contribution in [-0.4, -0.2) is 89.1 Å². The van der Waals surface area contributed by atoms with Crippen molar-refractivity contribution in [3.8, 4) is 11.6 Å². The molecule has 1 aliphatic rings. The van der Waals surface area contributed by atoms with Gasteiger partial charge < -0.3 is 19.6 Å². The van der Waals surface area contributed by atoms with Crippen LogP contribution in [0.3, 0.4) is 0 Å². The molecule has 2 aromatic heterocycles. The highest BCUT2D eigenvalue weighted by molar-refractivity contribution is 7.90. The molecule has 11 nitrogen and oxygen atoms in total. The molecule has 33 heavy (non-hydrogen) atoms. The van der Waals surface area contributed by atoms with Crippen LogP contribution in [0.1, 0.15) is 12.8 Å². The number of amides is 1. The number of benzene rings is 1. The summed E-state index contributed by atoms with van der Waals surface area (Å²) in [5.41, 5.74) is 2.29. The maximum Gasteiger partial charge on any atom is 0.407 e. The van der Waals surface area contributed by atoms with Crippen LogP contribution in [0.2, 0.25) is 0 Å². The molecule has 0 bridgehead atoms. The third kappa shape index (κ3) is 5.33. The second-order valence-electron chi connectivity index (χ2n) is 8.13. The standard InChI is InChI=1S/C21H26N6O5S/c1-25(11-12-33(2,30)31)15-3-5-16(6-4-15)27-19-18(13-24-27)20(23-14-22-19)32-17-7-9-26(10-8-17)21(28)29/h3-6,13-14,17H,7-12H2,1-2H3,(H,28,29). The predicted octanol–water partition coefficient (Wildman–Crippen LogP) is 1.82. The predicted molar refractivity (Wildman–Crippen MR) is 123 cm³/mol. The summed E-state index contributed by atoms with van der Waals surface area (Å²) in [7, 11) is -1.18. The Balaban J connectivity index is 1.49. The lowest BCUT2D eigenvalue weighted by molar-refractivity contribution is 0.0879. The molecule has 0 spiro atoms. The molecule has 0 aliphatic carbocycles. The second-order valence-corrected chi connectivity index (χ2v) is 10.4. The molecule has 1 fully saturated rings. The normalized spacial score (nSPS) is 15.0. The number of sulfone groups is 1. The minimum atomic E-state index is -3.03. The van der Waals surface area contributed by atoms with Gasteiger partial charge in [0.25, 0.3) is 0 Å². The van der Waals surface area contributed by atoms with Gasteiger partial charge in [0.05, 0.1) is 17.6 Å². The van der Waals surface area contributed by atoms with Crippen LogP contribution >= 0.6 is 0 Å². The lowest BCUT2D eigenvalue weighted by Crippen LogP contribution is -2.41. The average Bonchev–Trinajstić information content (AvgIpc) is 3.23. The van der Waals surface area contributed by atoms with Crippen molar-refractivity contribution < 1.29 is 23.1 Å². The van der Waals surface area contributed by atoms with Gasteiger partial charge in [-0.3, -0.25) is 0 Å². The van der Waals surface area contributed by atoms with Gasteiger partial charge in [-0.05, 0) is 24.3 Å². The van der Waals surface area contributed by atoms with E-state index in [0.29, 0.717) is 49.4 Å². The summed E-state index contributed by atoms with van der Waals surface area (Å²) in [4.78, 5) is 23.0. The molecule has 0 saturated carbocycles. The van der Waals surface area contributed by atoms with Crippen molar-refractivity contribution in [2.75, 3.05) is 43.6 Å². The Kier molecular flexibility index (Phi) is 6.36. The molecule has 176 valence electrons. The monoisotopic (exact) mass is 474 g/mol. The van der Waals surface area contributed by atoms with Crippen molar-refractivity contribution in [1.29, 1.82) is 0 Å². The van der Waals surface area contributed by atoms with Crippen LogP contribution in [-0.2, 0) is 9.84 Å². The molecule has 1 N–H and O–H groups in total. The van der Waals surface area contributed by atoms with E-state index in [1.165, 1.54) is 17.5 Å². The van der Waals surface area contributed by atoms with Crippen molar-refractivity contribution in [3.05, 3.63) is 36.8 Å². The van der Waals surface area contributed by atoms with E-state index >= 15 is 0 Å². The van der Waals surface area contributed by atoms with Crippen LogP contribution < -0.4 is 9.64 Å². The number of hydrogen-bond donors (Lipinski definition) is 1. The van der Waals surface area contributed by atoms with Crippen LogP contribution in [0.5, 0.6) is 5.88 Å². The first-order valence-electron chi connectivity index (χ1n) is 10.5. The third-order valence-electron chi connectivity index (χ3n) is 5.65. The maximum absolute atomic E-state index is 11.4. The number of nitrogens with zero attached hydrogens (tertiary/aromatic N) is 6. The van der Waals surface area contributed by atoms with E-state index in [2.05, 4.69) is 15.1 Å². The summed E-state index contributed by atoms with van der Waals surface area (Å²) >= 11 is 0. The van der Waals surface area contributed by atoms with Gasteiger partial charge >= 0.3 is 6.09 Å². The van der Waals surface area contributed by atoms with E-state index < -0.39 is 15.9 Å². The summed E-state index contributed by atoms with van der Waals surface area (Å²) in [6, 6.07) is 7.59. The molecule has 4 rings (SSSR count). The van der Waals surface area contributed by atoms with Crippen LogP contribution in [0, 0.1) is 0 Å². The largest absolute Gasteiger partial charge is 0.474 e. The van der Waals surface area contributed by atoms with Gasteiger partial charge in [-0.25, -0.2) is 27.9 Å². The van der Waals surface area contributed by atoms with E-state index in [-0.39, 0.29) is 11.9 Å². The maximum atomic E-state index is 11.4. The van der Waals surface area contributed by atoms with Gasteiger partial charge in [0.15, 0.2) is 5.65 Å². The topological polar surface area (TPSA) is 131 Å². The Bertz CT molecular complexity index is 1240. The number of carbonyl (C=O) groups is 1. The van der Waals surface area contributed by atoms with Gasteiger partial charge in [-0.15, -0.1) is 0 Å². The number of hydrogen-bond acceptors (Lipinski definition) is 8. The highest BCUT2D eigenvalue weighted by atomic mass is 32.2. The highest BCUT2D eigenvalue weighted by Gasteiger charge is 2.25. The third-order valence-corrected chi connectivity index (χ3v) is 6.58. The minimum absolute atomic E-state index is 0.0874. The van der Waals surface area contributed by atoms with Gasteiger partial charge in [0.1, 0.15) is 27.7 Å². The molecule has 1 amide bonds. The molecule has 12 heteroatoms. The van der Waals surface area contributed by atoms with Crippen LogP contribution in [0.25, 0.3) is 16.7 Å². The number of carboxylic acid groups (broad SMARTS) is 1. The molecule has 3 heterocycles. The lowest BCUT2D eigenvalue weighted by Gasteiger charge is -2.29. The first-order chi connectivity index (χ1) is 15.7. The molecule has 0 atom stereocenters. The van der Waals surface area contributed by atoms with E-state index in [1.807, 2.05) is 36.2 Å². The number of ether oxygens (including phenoxy) is 1. The smallest absolute Gasteiger partial charge is 0.407 e. The van der Waals surface area contributed by atoms with Crippen molar-refractivity contribution in [2.24, 2.45) is 0 Å². The van der Waals surface area contributed by atoms with Crippen LogP contribution in [0.4, 0.5) is 10.5 Å². The fourth-order valence-electron chi connectivity index (χ4n) is 3.71. The van der Waals surface area contributed by atoms with Gasteiger partial charge in [0, 0.05) is 51.5 Å².